The summed E-state index contributed by atoms with van der Waals surface area (Å²) in [6.07, 6.45) is 4.67. The molecule has 0 saturated carbocycles. The number of carbonyl (C=O) groups is 4. The molecule has 1 aliphatic rings. The number of allylic oxidation sites excluding steroid dienone is 2. The van der Waals surface area contributed by atoms with Gasteiger partial charge in [-0.15, -0.1) is 0 Å². The molecule has 0 bridgehead atoms. The van der Waals surface area contributed by atoms with E-state index in [4.69, 9.17) is 18.9 Å². The number of alkyl carbamates (subject to hydrolysis) is 1. The summed E-state index contributed by atoms with van der Waals surface area (Å²) in [5.41, 5.74) is 1.61. The van der Waals surface area contributed by atoms with E-state index < -0.39 is 36.0 Å². The second-order valence-corrected chi connectivity index (χ2v) is 12.2. The number of benzene rings is 2. The minimum absolute atomic E-state index is 0.0183. The van der Waals surface area contributed by atoms with Gasteiger partial charge in [0.1, 0.15) is 29.4 Å². The molecule has 3 atom stereocenters. The quantitative estimate of drug-likeness (QED) is 0.240. The van der Waals surface area contributed by atoms with Crippen molar-refractivity contribution in [1.82, 2.24) is 10.2 Å². The third-order valence-corrected chi connectivity index (χ3v) is 7.94. The number of nitrogens with one attached hydrogen (secondary N) is 1. The number of methoxy groups -OCH3 is 2. The van der Waals surface area contributed by atoms with E-state index in [1.807, 2.05) is 62.4 Å². The second-order valence-electron chi connectivity index (χ2n) is 12.2. The molecular formula is C37H49N3O8. The van der Waals surface area contributed by atoms with Gasteiger partial charge in [0.05, 0.1) is 20.8 Å². The van der Waals surface area contributed by atoms with Crippen molar-refractivity contribution in [3.63, 3.8) is 0 Å². The number of hydrogen-bond acceptors (Lipinski definition) is 8. The third-order valence-electron chi connectivity index (χ3n) is 7.94. The second kappa shape index (κ2) is 19.2. The van der Waals surface area contributed by atoms with Crippen LogP contribution in [0.3, 0.4) is 0 Å². The predicted molar refractivity (Wildman–Crippen MR) is 183 cm³/mol. The summed E-state index contributed by atoms with van der Waals surface area (Å²) < 4.78 is 21.9. The van der Waals surface area contributed by atoms with Gasteiger partial charge in [-0.1, -0.05) is 56.3 Å². The zero-order chi connectivity index (χ0) is 35.1. The van der Waals surface area contributed by atoms with Crippen LogP contribution in [0.5, 0.6) is 11.5 Å². The summed E-state index contributed by atoms with van der Waals surface area (Å²) >= 11 is 0. The number of ether oxygens (including phenoxy) is 4. The maximum atomic E-state index is 14.0. The zero-order valence-electron chi connectivity index (χ0n) is 28.9. The average Bonchev–Trinajstić information content (AvgIpc) is 3.06. The first-order valence-electron chi connectivity index (χ1n) is 16.4. The Hall–Kier alpha value is -4.67. The van der Waals surface area contributed by atoms with Gasteiger partial charge >= 0.3 is 12.1 Å². The van der Waals surface area contributed by atoms with Crippen LogP contribution in [0.15, 0.2) is 65.7 Å². The normalized spacial score (nSPS) is 19.9. The molecule has 48 heavy (non-hydrogen) atoms. The summed E-state index contributed by atoms with van der Waals surface area (Å²) in [4.78, 5) is 59.6. The summed E-state index contributed by atoms with van der Waals surface area (Å²) in [5, 5.41) is 2.69. The van der Waals surface area contributed by atoms with Crippen molar-refractivity contribution in [3.8, 4) is 11.5 Å². The van der Waals surface area contributed by atoms with Gasteiger partial charge in [0.2, 0.25) is 5.91 Å². The minimum atomic E-state index is -1.04. The number of hydrogen-bond donors (Lipinski definition) is 1. The number of cyclic esters (lactones) is 1. The minimum Gasteiger partial charge on any atom is -0.497 e. The molecule has 2 aromatic rings. The predicted octanol–water partition coefficient (Wildman–Crippen LogP) is 5.69. The van der Waals surface area contributed by atoms with Gasteiger partial charge in [0, 0.05) is 44.0 Å². The molecule has 0 fully saturated rings. The van der Waals surface area contributed by atoms with E-state index in [1.165, 1.54) is 0 Å². The highest BCUT2D eigenvalue weighted by atomic mass is 16.6. The highest BCUT2D eigenvalue weighted by Crippen LogP contribution is 2.27. The van der Waals surface area contributed by atoms with Crippen LogP contribution in [0.2, 0.25) is 0 Å². The van der Waals surface area contributed by atoms with Gasteiger partial charge in [-0.2, -0.15) is 0 Å². The molecule has 11 heteroatoms. The lowest BCUT2D eigenvalue weighted by atomic mass is 9.95. The summed E-state index contributed by atoms with van der Waals surface area (Å²) in [6.45, 7) is 5.78. The molecule has 3 rings (SSSR count). The van der Waals surface area contributed by atoms with E-state index in [1.54, 1.807) is 45.2 Å². The largest absolute Gasteiger partial charge is 0.497 e. The van der Waals surface area contributed by atoms with E-state index in [9.17, 15) is 19.2 Å². The highest BCUT2D eigenvalue weighted by Gasteiger charge is 2.30. The van der Waals surface area contributed by atoms with Crippen molar-refractivity contribution in [2.45, 2.75) is 78.0 Å². The standard InChI is InChI=1S/C37H49N3O8/c1-7-47-36(43)32-22-27(35(42)40(4)24-28-18-19-29(45-5)23-33(28)46-6)16-12-9-13-17-30(21-26-14-10-8-11-15-26)48-37(44)39-31(20-25(2)3)34(41)38-32/h8-12,14-15,18-19,23,25,27,30-31H,7,13,16-17,20-22,24H2,1-6H3,(H,39,44)/b12-9+,38-32?/t27?,30?,31-/m0/s1. The number of rotatable bonds is 11. The molecule has 2 unspecified atom stereocenters. The molecule has 11 nitrogen and oxygen atoms in total. The van der Waals surface area contributed by atoms with Crippen molar-refractivity contribution >= 4 is 29.6 Å². The van der Waals surface area contributed by atoms with E-state index in [-0.39, 0.29) is 50.0 Å². The molecule has 0 saturated heterocycles. The Balaban J connectivity index is 1.97. The Kier molecular flexibility index (Phi) is 15.1. The van der Waals surface area contributed by atoms with Crippen LogP contribution < -0.4 is 14.8 Å². The van der Waals surface area contributed by atoms with Crippen molar-refractivity contribution < 1.29 is 38.1 Å². The van der Waals surface area contributed by atoms with Crippen LogP contribution in [0, 0.1) is 11.8 Å². The fraction of sp³-hybridized carbons (Fsp3) is 0.486. The van der Waals surface area contributed by atoms with E-state index in [0.29, 0.717) is 30.8 Å². The SMILES string of the molecule is CCOC(=O)C1=NC(=O)[C@H](CC(C)C)NC(=O)OC(Cc2ccccc2)CC/C=C/CC(C(=O)N(C)Cc2ccc(OC)cc2OC)C1. The van der Waals surface area contributed by atoms with Crippen LogP contribution in [0.1, 0.15) is 64.0 Å². The first kappa shape index (κ1) is 37.8. The number of aliphatic imine (C=N–C) groups is 1. The van der Waals surface area contributed by atoms with Gasteiger partial charge in [-0.25, -0.2) is 14.6 Å². The number of carbonyl (C=O) groups excluding carboxylic acids is 4. The Morgan fingerprint density at radius 2 is 1.81 bits per heavy atom. The fourth-order valence-electron chi connectivity index (χ4n) is 5.49. The fourth-order valence-corrected chi connectivity index (χ4v) is 5.49. The van der Waals surface area contributed by atoms with Gasteiger partial charge in [0.25, 0.3) is 5.91 Å². The molecule has 2 aromatic carbocycles. The molecule has 1 aliphatic heterocycles. The lowest BCUT2D eigenvalue weighted by Gasteiger charge is -2.24. The topological polar surface area (TPSA) is 133 Å². The molecule has 0 aromatic heterocycles. The van der Waals surface area contributed by atoms with E-state index in [2.05, 4.69) is 10.3 Å². The molecular weight excluding hydrogens is 614 g/mol. The van der Waals surface area contributed by atoms with Crippen molar-refractivity contribution in [2.24, 2.45) is 16.8 Å². The molecule has 260 valence electrons. The van der Waals surface area contributed by atoms with Crippen LogP contribution in [0.25, 0.3) is 0 Å². The smallest absolute Gasteiger partial charge is 0.408 e. The lowest BCUT2D eigenvalue weighted by Crippen LogP contribution is -2.43. The van der Waals surface area contributed by atoms with E-state index >= 15 is 0 Å². The van der Waals surface area contributed by atoms with Crippen LogP contribution >= 0.6 is 0 Å². The Labute approximate surface area is 283 Å². The van der Waals surface area contributed by atoms with E-state index in [0.717, 1.165) is 11.1 Å². The summed E-state index contributed by atoms with van der Waals surface area (Å²) in [7, 11) is 4.79. The molecule has 3 amide bonds. The number of amides is 3. The summed E-state index contributed by atoms with van der Waals surface area (Å²) in [6, 6.07) is 14.1. The average molecular weight is 664 g/mol. The molecule has 1 heterocycles. The van der Waals surface area contributed by atoms with Gasteiger partial charge < -0.3 is 29.2 Å². The summed E-state index contributed by atoms with van der Waals surface area (Å²) in [5.74, 6) is -1.26. The van der Waals surface area contributed by atoms with Crippen molar-refractivity contribution in [1.29, 1.82) is 0 Å². The first-order chi connectivity index (χ1) is 23.0. The van der Waals surface area contributed by atoms with Crippen molar-refractivity contribution in [2.75, 3.05) is 27.9 Å². The van der Waals surface area contributed by atoms with Crippen LogP contribution in [-0.2, 0) is 36.8 Å². The molecule has 1 N–H and O–H groups in total. The van der Waals surface area contributed by atoms with Crippen molar-refractivity contribution in [3.05, 3.63) is 71.8 Å². The Bertz CT molecular complexity index is 1440. The number of esters is 1. The van der Waals surface area contributed by atoms with Gasteiger partial charge in [-0.3, -0.25) is 9.59 Å². The maximum absolute atomic E-state index is 14.0. The lowest BCUT2D eigenvalue weighted by molar-refractivity contribution is -0.136. The molecule has 0 aliphatic carbocycles. The van der Waals surface area contributed by atoms with Gasteiger partial charge in [-0.05, 0) is 56.2 Å². The number of nitrogens with zero attached hydrogens (tertiary/aromatic N) is 2. The van der Waals surface area contributed by atoms with Crippen LogP contribution in [0.4, 0.5) is 4.79 Å². The maximum Gasteiger partial charge on any atom is 0.408 e. The molecule has 0 radical (unpaired) electrons. The first-order valence-corrected chi connectivity index (χ1v) is 16.4. The zero-order valence-corrected chi connectivity index (χ0v) is 28.9. The Morgan fingerprint density at radius 3 is 2.48 bits per heavy atom. The highest BCUT2D eigenvalue weighted by molar-refractivity contribution is 6.38. The Morgan fingerprint density at radius 1 is 1.06 bits per heavy atom. The molecule has 0 spiro atoms. The monoisotopic (exact) mass is 663 g/mol. The van der Waals surface area contributed by atoms with Gasteiger partial charge in [0.15, 0.2) is 0 Å². The van der Waals surface area contributed by atoms with Crippen LogP contribution in [-0.4, -0.2) is 74.5 Å². The third kappa shape index (κ3) is 11.8.